The predicted molar refractivity (Wildman–Crippen MR) is 70.5 cm³/mol. The van der Waals surface area contributed by atoms with E-state index in [1.807, 2.05) is 0 Å². The van der Waals surface area contributed by atoms with Gasteiger partial charge >= 0.3 is 0 Å². The molecule has 2 heteroatoms. The second kappa shape index (κ2) is 6.66. The molecule has 0 spiro atoms. The lowest BCUT2D eigenvalue weighted by atomic mass is 9.99. The van der Waals surface area contributed by atoms with Crippen molar-refractivity contribution >= 4 is 0 Å². The molecule has 0 saturated heterocycles. The molecule has 0 bridgehead atoms. The minimum atomic E-state index is 0.422. The molecule has 0 fully saturated rings. The van der Waals surface area contributed by atoms with Crippen molar-refractivity contribution in [3.8, 4) is 0 Å². The van der Waals surface area contributed by atoms with Crippen LogP contribution in [0.5, 0.6) is 0 Å². The summed E-state index contributed by atoms with van der Waals surface area (Å²) in [5, 5.41) is 3.54. The first-order valence-corrected chi connectivity index (χ1v) is 6.13. The highest BCUT2D eigenvalue weighted by atomic mass is 14.9. The first kappa shape index (κ1) is 13.2. The molecule has 2 unspecified atom stereocenters. The van der Waals surface area contributed by atoms with Crippen LogP contribution in [-0.4, -0.2) is 19.1 Å². The largest absolute Gasteiger partial charge is 0.329 e. The molecule has 1 aromatic carbocycles. The number of hydrogen-bond acceptors (Lipinski definition) is 2. The molecule has 3 N–H and O–H groups in total. The lowest BCUT2D eigenvalue weighted by Gasteiger charge is -2.23. The van der Waals surface area contributed by atoms with Crippen LogP contribution < -0.4 is 11.1 Å². The third-order valence-electron chi connectivity index (χ3n) is 3.11. The highest BCUT2D eigenvalue weighted by molar-refractivity contribution is 5.18. The molecule has 1 rings (SSSR count). The lowest BCUT2D eigenvalue weighted by molar-refractivity contribution is 0.397. The molecule has 2 nitrogen and oxygen atoms in total. The molecule has 1 aromatic rings. The lowest BCUT2D eigenvalue weighted by Crippen LogP contribution is -2.41. The molecule has 0 aliphatic carbocycles. The number of nitrogens with two attached hydrogens (primary N) is 1. The summed E-state index contributed by atoms with van der Waals surface area (Å²) in [5.41, 5.74) is 7.12. The van der Waals surface area contributed by atoms with Gasteiger partial charge in [0.1, 0.15) is 0 Å². The average Bonchev–Trinajstić information content (AvgIpc) is 2.30. The zero-order valence-electron chi connectivity index (χ0n) is 10.6. The van der Waals surface area contributed by atoms with Gasteiger partial charge in [-0.2, -0.15) is 0 Å². The van der Waals surface area contributed by atoms with E-state index in [1.54, 1.807) is 0 Å². The topological polar surface area (TPSA) is 38.0 Å². The smallest absolute Gasteiger partial charge is 0.0213 e. The molecule has 0 heterocycles. The van der Waals surface area contributed by atoms with Crippen molar-refractivity contribution in [2.45, 2.75) is 32.7 Å². The summed E-state index contributed by atoms with van der Waals surface area (Å²) in [4.78, 5) is 0. The van der Waals surface area contributed by atoms with Gasteiger partial charge in [0.2, 0.25) is 0 Å². The Hall–Kier alpha value is -0.860. The van der Waals surface area contributed by atoms with Crippen molar-refractivity contribution < 1.29 is 0 Å². The fraction of sp³-hybridized carbons (Fsp3) is 0.571. The zero-order valence-corrected chi connectivity index (χ0v) is 10.6. The van der Waals surface area contributed by atoms with E-state index < -0.39 is 0 Å². The Morgan fingerprint density at radius 1 is 1.12 bits per heavy atom. The third kappa shape index (κ3) is 3.95. The Kier molecular flexibility index (Phi) is 5.50. The molecule has 0 amide bonds. The van der Waals surface area contributed by atoms with E-state index in [4.69, 9.17) is 5.73 Å². The van der Waals surface area contributed by atoms with Gasteiger partial charge in [0.25, 0.3) is 0 Å². The fourth-order valence-electron chi connectivity index (χ4n) is 1.82. The summed E-state index contributed by atoms with van der Waals surface area (Å²) in [7, 11) is 0. The fourth-order valence-corrected chi connectivity index (χ4v) is 1.82. The maximum Gasteiger partial charge on any atom is 0.0213 e. The standard InChI is InChI=1S/C14H24N2/c1-11(2)14(9-15)16-10-12(3)13-7-5-4-6-8-13/h4-8,11-12,14,16H,9-10,15H2,1-3H3. The van der Waals surface area contributed by atoms with Gasteiger partial charge in [-0.1, -0.05) is 51.1 Å². The molecule has 0 aliphatic rings. The van der Waals surface area contributed by atoms with E-state index in [2.05, 4.69) is 56.4 Å². The van der Waals surface area contributed by atoms with Crippen LogP contribution in [0.3, 0.4) is 0 Å². The molecular weight excluding hydrogens is 196 g/mol. The Morgan fingerprint density at radius 2 is 1.75 bits per heavy atom. The van der Waals surface area contributed by atoms with Gasteiger partial charge < -0.3 is 11.1 Å². The van der Waals surface area contributed by atoms with Crippen molar-refractivity contribution in [1.29, 1.82) is 0 Å². The van der Waals surface area contributed by atoms with Crippen molar-refractivity contribution in [1.82, 2.24) is 5.32 Å². The number of benzene rings is 1. The average molecular weight is 220 g/mol. The second-order valence-corrected chi connectivity index (χ2v) is 4.81. The van der Waals surface area contributed by atoms with Crippen LogP contribution in [0.2, 0.25) is 0 Å². The van der Waals surface area contributed by atoms with Crippen molar-refractivity contribution in [2.24, 2.45) is 11.7 Å². The third-order valence-corrected chi connectivity index (χ3v) is 3.11. The monoisotopic (exact) mass is 220 g/mol. The van der Waals surface area contributed by atoms with Crippen LogP contribution in [0, 0.1) is 5.92 Å². The maximum atomic E-state index is 5.74. The van der Waals surface area contributed by atoms with Gasteiger partial charge in [-0.3, -0.25) is 0 Å². The van der Waals surface area contributed by atoms with E-state index in [9.17, 15) is 0 Å². The summed E-state index contributed by atoms with van der Waals surface area (Å²) in [5.74, 6) is 1.13. The first-order valence-electron chi connectivity index (χ1n) is 6.13. The highest BCUT2D eigenvalue weighted by Crippen LogP contribution is 2.13. The SMILES string of the molecule is CC(CNC(CN)C(C)C)c1ccccc1. The van der Waals surface area contributed by atoms with Gasteiger partial charge in [0.05, 0.1) is 0 Å². The predicted octanol–water partition coefficient (Wildman–Crippen LogP) is 2.36. The summed E-state index contributed by atoms with van der Waals surface area (Å²) in [6.07, 6.45) is 0. The Balaban J connectivity index is 2.43. The quantitative estimate of drug-likeness (QED) is 0.772. The van der Waals surface area contributed by atoms with E-state index in [-0.39, 0.29) is 0 Å². The van der Waals surface area contributed by atoms with Crippen LogP contribution in [0.1, 0.15) is 32.3 Å². The van der Waals surface area contributed by atoms with Crippen molar-refractivity contribution in [3.05, 3.63) is 35.9 Å². The van der Waals surface area contributed by atoms with Crippen LogP contribution in [-0.2, 0) is 0 Å². The molecule has 0 aliphatic heterocycles. The van der Waals surface area contributed by atoms with Crippen LogP contribution in [0.15, 0.2) is 30.3 Å². The number of rotatable bonds is 6. The Morgan fingerprint density at radius 3 is 2.25 bits per heavy atom. The molecule has 0 aromatic heterocycles. The minimum Gasteiger partial charge on any atom is -0.329 e. The minimum absolute atomic E-state index is 0.422. The Bertz CT molecular complexity index is 282. The number of hydrogen-bond donors (Lipinski definition) is 2. The first-order chi connectivity index (χ1) is 7.65. The molecule has 0 radical (unpaired) electrons. The van der Waals surface area contributed by atoms with Gasteiger partial charge in [0, 0.05) is 19.1 Å². The summed E-state index contributed by atoms with van der Waals surface area (Å²) in [6.45, 7) is 8.36. The number of nitrogens with one attached hydrogen (secondary N) is 1. The van der Waals surface area contributed by atoms with Gasteiger partial charge in [-0.25, -0.2) is 0 Å². The molecule has 2 atom stereocenters. The summed E-state index contributed by atoms with van der Waals surface area (Å²) < 4.78 is 0. The Labute approximate surface area is 99.2 Å². The van der Waals surface area contributed by atoms with Crippen molar-refractivity contribution in [2.75, 3.05) is 13.1 Å². The van der Waals surface area contributed by atoms with Gasteiger partial charge in [-0.15, -0.1) is 0 Å². The normalized spacial score (nSPS) is 15.1. The van der Waals surface area contributed by atoms with E-state index in [0.717, 1.165) is 6.54 Å². The van der Waals surface area contributed by atoms with Gasteiger partial charge in [0.15, 0.2) is 0 Å². The van der Waals surface area contributed by atoms with Crippen molar-refractivity contribution in [3.63, 3.8) is 0 Å². The zero-order chi connectivity index (χ0) is 12.0. The molecule has 0 saturated carbocycles. The van der Waals surface area contributed by atoms with Gasteiger partial charge in [-0.05, 0) is 17.4 Å². The molecule has 90 valence electrons. The van der Waals surface area contributed by atoms with E-state index in [1.165, 1.54) is 5.56 Å². The van der Waals surface area contributed by atoms with Crippen LogP contribution in [0.25, 0.3) is 0 Å². The second-order valence-electron chi connectivity index (χ2n) is 4.81. The van der Waals surface area contributed by atoms with E-state index >= 15 is 0 Å². The van der Waals surface area contributed by atoms with E-state index in [0.29, 0.717) is 24.4 Å². The summed E-state index contributed by atoms with van der Waals surface area (Å²) >= 11 is 0. The van der Waals surface area contributed by atoms with Crippen LogP contribution >= 0.6 is 0 Å². The molecular formula is C14H24N2. The van der Waals surface area contributed by atoms with Crippen LogP contribution in [0.4, 0.5) is 0 Å². The molecule has 16 heavy (non-hydrogen) atoms. The highest BCUT2D eigenvalue weighted by Gasteiger charge is 2.12. The summed E-state index contributed by atoms with van der Waals surface area (Å²) in [6, 6.07) is 11.0. The maximum absolute atomic E-state index is 5.74.